The predicted octanol–water partition coefficient (Wildman–Crippen LogP) is 15.6. The number of carbonyl (C=O) groups excluding carboxylic acids is 3. The molecule has 0 unspecified atom stereocenters. The van der Waals surface area contributed by atoms with Crippen LogP contribution in [0.25, 0.3) is 0 Å². The quantitative estimate of drug-likeness (QED) is 0.0348. The monoisotopic (exact) mass is 779 g/mol. The fraction of sp³-hybridized carbons (Fsp3) is 0.939. The lowest BCUT2D eigenvalue weighted by Crippen LogP contribution is -2.30. The fourth-order valence-electron chi connectivity index (χ4n) is 7.38. The first-order valence-electron chi connectivity index (χ1n) is 24.5. The third-order valence-electron chi connectivity index (χ3n) is 11.1. The maximum Gasteiger partial charge on any atom is 0.306 e. The summed E-state index contributed by atoms with van der Waals surface area (Å²) in [4.78, 5) is 37.8. The summed E-state index contributed by atoms with van der Waals surface area (Å²) in [5, 5.41) is 0. The van der Waals surface area contributed by atoms with Crippen molar-refractivity contribution < 1.29 is 28.6 Å². The molecule has 0 N–H and O–H groups in total. The van der Waals surface area contributed by atoms with Gasteiger partial charge in [0.25, 0.3) is 0 Å². The Kier molecular flexibility index (Phi) is 43.8. The molecule has 0 aromatic rings. The van der Waals surface area contributed by atoms with Gasteiger partial charge in [-0.15, -0.1) is 0 Å². The van der Waals surface area contributed by atoms with E-state index >= 15 is 0 Å². The van der Waals surface area contributed by atoms with Crippen LogP contribution in [0.3, 0.4) is 0 Å². The van der Waals surface area contributed by atoms with Gasteiger partial charge in [-0.3, -0.25) is 14.4 Å². The molecule has 0 aliphatic carbocycles. The molecule has 0 bridgehead atoms. The summed E-state index contributed by atoms with van der Waals surface area (Å²) < 4.78 is 16.7. The van der Waals surface area contributed by atoms with E-state index in [0.717, 1.165) is 57.8 Å². The normalized spacial score (nSPS) is 11.8. The second-order valence-electron chi connectivity index (χ2n) is 16.7. The van der Waals surface area contributed by atoms with Crippen molar-refractivity contribution in [2.45, 2.75) is 284 Å². The molecular formula is C49H94O6. The van der Waals surface area contributed by atoms with Crippen LogP contribution in [0, 0.1) is 0 Å². The van der Waals surface area contributed by atoms with Crippen molar-refractivity contribution in [1.29, 1.82) is 0 Å². The number of hydrogen-bond donors (Lipinski definition) is 0. The highest BCUT2D eigenvalue weighted by Crippen LogP contribution is 2.16. The number of esters is 3. The number of hydrogen-bond acceptors (Lipinski definition) is 6. The molecule has 0 spiro atoms. The maximum atomic E-state index is 12.7. The van der Waals surface area contributed by atoms with Crippen LogP contribution in [-0.4, -0.2) is 37.2 Å². The van der Waals surface area contributed by atoms with E-state index < -0.39 is 6.10 Å². The Morgan fingerprint density at radius 1 is 0.291 bits per heavy atom. The molecule has 6 heteroatoms. The Hall–Kier alpha value is -1.59. The first-order chi connectivity index (χ1) is 27.0. The lowest BCUT2D eigenvalue weighted by Gasteiger charge is -2.18. The van der Waals surface area contributed by atoms with Crippen molar-refractivity contribution in [3.8, 4) is 0 Å². The first kappa shape index (κ1) is 53.4. The van der Waals surface area contributed by atoms with Crippen molar-refractivity contribution in [2.75, 3.05) is 13.2 Å². The van der Waals surface area contributed by atoms with E-state index in [2.05, 4.69) is 20.8 Å². The molecular weight excluding hydrogens is 685 g/mol. The standard InChI is InChI=1S/C49H94O6/c1-4-7-10-13-16-19-22-24-25-26-28-30-33-36-39-42-48(51)54-45-46(44-53-47(50)41-38-35-32-29-21-18-15-12-9-6-3)55-49(52)43-40-37-34-31-27-23-20-17-14-11-8-5-2/h46H,4-45H2,1-3H3/t46-/m1/s1. The zero-order valence-electron chi connectivity index (χ0n) is 37.2. The molecule has 1 atom stereocenters. The minimum absolute atomic E-state index is 0.0622. The van der Waals surface area contributed by atoms with Gasteiger partial charge in [0.15, 0.2) is 6.10 Å². The fourth-order valence-corrected chi connectivity index (χ4v) is 7.38. The van der Waals surface area contributed by atoms with E-state index in [-0.39, 0.29) is 31.1 Å². The minimum Gasteiger partial charge on any atom is -0.462 e. The molecule has 55 heavy (non-hydrogen) atoms. The largest absolute Gasteiger partial charge is 0.462 e. The Labute approximate surface area is 342 Å². The van der Waals surface area contributed by atoms with Crippen LogP contribution in [0.15, 0.2) is 0 Å². The molecule has 0 saturated carbocycles. The molecule has 6 nitrogen and oxygen atoms in total. The summed E-state index contributed by atoms with van der Waals surface area (Å²) in [6, 6.07) is 0. The molecule has 0 rings (SSSR count). The van der Waals surface area contributed by atoms with Crippen LogP contribution < -0.4 is 0 Å². The van der Waals surface area contributed by atoms with E-state index in [1.54, 1.807) is 0 Å². The second-order valence-corrected chi connectivity index (χ2v) is 16.7. The number of ether oxygens (including phenoxy) is 3. The Balaban J connectivity index is 4.28. The highest BCUT2D eigenvalue weighted by atomic mass is 16.6. The molecule has 0 radical (unpaired) electrons. The molecule has 0 aromatic heterocycles. The summed E-state index contributed by atoms with van der Waals surface area (Å²) in [7, 11) is 0. The average Bonchev–Trinajstić information content (AvgIpc) is 3.18. The topological polar surface area (TPSA) is 78.9 Å². The zero-order valence-corrected chi connectivity index (χ0v) is 37.2. The van der Waals surface area contributed by atoms with Gasteiger partial charge in [0, 0.05) is 19.3 Å². The van der Waals surface area contributed by atoms with Gasteiger partial charge in [0.05, 0.1) is 0 Å². The van der Waals surface area contributed by atoms with Crippen LogP contribution in [-0.2, 0) is 28.6 Å². The predicted molar refractivity (Wildman–Crippen MR) is 233 cm³/mol. The Bertz CT molecular complexity index is 813. The van der Waals surface area contributed by atoms with Crippen LogP contribution in [0.2, 0.25) is 0 Å². The van der Waals surface area contributed by atoms with Crippen molar-refractivity contribution in [3.63, 3.8) is 0 Å². The summed E-state index contributed by atoms with van der Waals surface area (Å²) in [5.74, 6) is -0.847. The lowest BCUT2D eigenvalue weighted by molar-refractivity contribution is -0.167. The van der Waals surface area contributed by atoms with Crippen LogP contribution in [0.1, 0.15) is 278 Å². The summed E-state index contributed by atoms with van der Waals surface area (Å²) >= 11 is 0. The summed E-state index contributed by atoms with van der Waals surface area (Å²) in [6.07, 6.45) is 46.5. The average molecular weight is 779 g/mol. The molecule has 0 heterocycles. The molecule has 0 amide bonds. The second kappa shape index (κ2) is 45.1. The zero-order chi connectivity index (χ0) is 40.1. The Morgan fingerprint density at radius 2 is 0.491 bits per heavy atom. The van der Waals surface area contributed by atoms with Crippen LogP contribution >= 0.6 is 0 Å². The molecule has 326 valence electrons. The SMILES string of the molecule is CCCCCCCCCCCCCCCCCC(=O)OC[C@@H](COC(=O)CCCCCCCCCCCC)OC(=O)CCCCCCCCCCCCCC. The van der Waals surface area contributed by atoms with E-state index in [0.29, 0.717) is 19.3 Å². The molecule has 0 aliphatic heterocycles. The van der Waals surface area contributed by atoms with Crippen molar-refractivity contribution in [2.24, 2.45) is 0 Å². The van der Waals surface area contributed by atoms with Crippen molar-refractivity contribution in [1.82, 2.24) is 0 Å². The van der Waals surface area contributed by atoms with Gasteiger partial charge in [-0.2, -0.15) is 0 Å². The van der Waals surface area contributed by atoms with E-state index in [4.69, 9.17) is 14.2 Å². The van der Waals surface area contributed by atoms with Crippen LogP contribution in [0.5, 0.6) is 0 Å². The first-order valence-corrected chi connectivity index (χ1v) is 24.5. The highest BCUT2D eigenvalue weighted by molar-refractivity contribution is 5.71. The molecule has 0 aliphatic rings. The molecule has 0 fully saturated rings. The van der Waals surface area contributed by atoms with E-state index in [1.807, 2.05) is 0 Å². The van der Waals surface area contributed by atoms with Gasteiger partial charge in [-0.25, -0.2) is 0 Å². The number of unbranched alkanes of at least 4 members (excludes halogenated alkanes) is 34. The van der Waals surface area contributed by atoms with Gasteiger partial charge in [-0.1, -0.05) is 239 Å². The minimum atomic E-state index is -0.758. The van der Waals surface area contributed by atoms with Gasteiger partial charge in [0.1, 0.15) is 13.2 Å². The molecule has 0 aromatic carbocycles. The third kappa shape index (κ3) is 43.4. The van der Waals surface area contributed by atoms with Gasteiger partial charge in [0.2, 0.25) is 0 Å². The highest BCUT2D eigenvalue weighted by Gasteiger charge is 2.19. The van der Waals surface area contributed by atoms with E-state index in [1.165, 1.54) is 180 Å². The van der Waals surface area contributed by atoms with Gasteiger partial charge < -0.3 is 14.2 Å². The molecule has 0 saturated heterocycles. The van der Waals surface area contributed by atoms with E-state index in [9.17, 15) is 14.4 Å². The number of rotatable bonds is 45. The van der Waals surface area contributed by atoms with Crippen LogP contribution in [0.4, 0.5) is 0 Å². The summed E-state index contributed by atoms with van der Waals surface area (Å²) in [6.45, 7) is 6.65. The van der Waals surface area contributed by atoms with Gasteiger partial charge >= 0.3 is 17.9 Å². The number of carbonyl (C=O) groups is 3. The maximum absolute atomic E-state index is 12.7. The Morgan fingerprint density at radius 3 is 0.727 bits per heavy atom. The van der Waals surface area contributed by atoms with Gasteiger partial charge in [-0.05, 0) is 19.3 Å². The summed E-state index contributed by atoms with van der Waals surface area (Å²) in [5.41, 5.74) is 0. The third-order valence-corrected chi connectivity index (χ3v) is 11.1. The van der Waals surface area contributed by atoms with Crippen molar-refractivity contribution >= 4 is 17.9 Å². The smallest absolute Gasteiger partial charge is 0.306 e. The lowest BCUT2D eigenvalue weighted by atomic mass is 10.0. The van der Waals surface area contributed by atoms with Crippen molar-refractivity contribution in [3.05, 3.63) is 0 Å².